The number of carbonyl (C=O) groups is 1. The Bertz CT molecular complexity index is 1240. The average Bonchev–Trinajstić information content (AvgIpc) is 3.20. The summed E-state index contributed by atoms with van der Waals surface area (Å²) in [5.74, 6) is 2.17. The monoisotopic (exact) mass is 509 g/mol. The third-order valence-corrected chi connectivity index (χ3v) is 8.28. The van der Waals surface area contributed by atoms with Crippen LogP contribution < -0.4 is 9.80 Å². The van der Waals surface area contributed by atoms with Crippen molar-refractivity contribution in [1.29, 1.82) is 5.26 Å². The van der Waals surface area contributed by atoms with Crippen LogP contribution in [0.25, 0.3) is 0 Å². The zero-order valence-electron chi connectivity index (χ0n) is 21.8. The van der Waals surface area contributed by atoms with Crippen molar-refractivity contribution in [1.82, 2.24) is 19.9 Å². The number of rotatable bonds is 5. The van der Waals surface area contributed by atoms with E-state index in [-0.39, 0.29) is 23.4 Å². The van der Waals surface area contributed by atoms with Crippen molar-refractivity contribution >= 4 is 23.4 Å². The number of anilines is 3. The minimum atomic E-state index is -2.53. The van der Waals surface area contributed by atoms with Gasteiger partial charge in [0, 0.05) is 60.7 Å². The Morgan fingerprint density at radius 3 is 2.57 bits per heavy atom. The number of halogens is 2. The van der Waals surface area contributed by atoms with Crippen LogP contribution in [-0.2, 0) is 10.2 Å². The molecule has 0 N–H and O–H groups in total. The Hall–Kier alpha value is -3.35. The molecule has 1 aliphatic carbocycles. The highest BCUT2D eigenvalue weighted by molar-refractivity contribution is 5.83. The molecule has 10 heteroatoms. The summed E-state index contributed by atoms with van der Waals surface area (Å²) in [5, 5.41) is 9.39. The Kier molecular flexibility index (Phi) is 6.29. The first kappa shape index (κ1) is 25.3. The number of alkyl halides is 2. The van der Waals surface area contributed by atoms with Gasteiger partial charge in [-0.15, -0.1) is 0 Å². The van der Waals surface area contributed by atoms with Gasteiger partial charge in [-0.1, -0.05) is 20.3 Å². The van der Waals surface area contributed by atoms with Crippen molar-refractivity contribution in [2.45, 2.75) is 77.3 Å². The second kappa shape index (κ2) is 9.19. The molecule has 1 saturated heterocycles. The van der Waals surface area contributed by atoms with Crippen LogP contribution in [0.3, 0.4) is 0 Å². The van der Waals surface area contributed by atoms with Crippen molar-refractivity contribution in [3.63, 3.8) is 0 Å². The number of carbonyl (C=O) groups excluding carboxylic acids is 1. The lowest BCUT2D eigenvalue weighted by Gasteiger charge is -2.48. The highest BCUT2D eigenvalue weighted by Gasteiger charge is 2.52. The predicted octanol–water partition coefficient (Wildman–Crippen LogP) is 4.42. The van der Waals surface area contributed by atoms with Gasteiger partial charge in [-0.2, -0.15) is 5.26 Å². The minimum absolute atomic E-state index is 0.0484. The quantitative estimate of drug-likeness (QED) is 0.589. The van der Waals surface area contributed by atoms with Crippen LogP contribution in [0.5, 0.6) is 0 Å². The van der Waals surface area contributed by atoms with E-state index in [1.165, 1.54) is 0 Å². The van der Waals surface area contributed by atoms with E-state index in [0.717, 1.165) is 43.0 Å². The number of amides is 1. The molecule has 1 spiro atoms. The Labute approximate surface area is 216 Å². The normalized spacial score (nSPS) is 22.7. The zero-order valence-corrected chi connectivity index (χ0v) is 21.8. The lowest BCUT2D eigenvalue weighted by molar-refractivity contribution is -0.145. The fourth-order valence-electron chi connectivity index (χ4n) is 6.12. The van der Waals surface area contributed by atoms with Crippen molar-refractivity contribution in [2.75, 3.05) is 29.4 Å². The molecule has 0 bridgehead atoms. The number of piperazine rings is 1. The summed E-state index contributed by atoms with van der Waals surface area (Å²) in [6, 6.07) is 5.47. The van der Waals surface area contributed by atoms with Crippen molar-refractivity contribution in [3.8, 4) is 6.07 Å². The smallest absolute Gasteiger partial charge is 0.239 e. The second-order valence-corrected chi connectivity index (χ2v) is 11.4. The molecule has 3 aliphatic rings. The fourth-order valence-corrected chi connectivity index (χ4v) is 6.12. The largest absolute Gasteiger partial charge is 0.350 e. The molecule has 1 amide bonds. The van der Waals surface area contributed by atoms with E-state index in [9.17, 15) is 18.8 Å². The fraction of sp³-hybridized carbons (Fsp3) is 0.593. The van der Waals surface area contributed by atoms with Gasteiger partial charge >= 0.3 is 0 Å². The van der Waals surface area contributed by atoms with Crippen LogP contribution in [-0.4, -0.2) is 63.9 Å². The molecule has 5 rings (SSSR count). The number of nitriles is 1. The molecule has 8 nitrogen and oxygen atoms in total. The Balaban J connectivity index is 1.47. The highest BCUT2D eigenvalue weighted by atomic mass is 19.3. The van der Waals surface area contributed by atoms with E-state index < -0.39 is 18.3 Å². The maximum absolute atomic E-state index is 13.3. The molecule has 2 aliphatic heterocycles. The summed E-state index contributed by atoms with van der Waals surface area (Å²) in [6.45, 7) is 8.96. The van der Waals surface area contributed by atoms with E-state index >= 15 is 0 Å². The molecule has 0 aromatic carbocycles. The van der Waals surface area contributed by atoms with E-state index in [1.54, 1.807) is 43.4 Å². The lowest BCUT2D eigenvalue weighted by atomic mass is 9.66. The van der Waals surface area contributed by atoms with Crippen LogP contribution in [0, 0.1) is 16.7 Å². The molecule has 2 atom stereocenters. The SMILES string of the molecule is C[C@@H]1CN(c2ncnc3c2C2(CCC2)CN3c2cc(C#N)ccn2)[C@@H](C)CN1C(=O)C(C)(C)CC(F)F. The Morgan fingerprint density at radius 2 is 1.92 bits per heavy atom. The molecule has 0 radical (unpaired) electrons. The van der Waals surface area contributed by atoms with Gasteiger partial charge in [0.05, 0.1) is 11.6 Å². The number of fused-ring (bicyclic) bond motifs is 2. The van der Waals surface area contributed by atoms with Gasteiger partial charge in [0.1, 0.15) is 23.8 Å². The first-order valence-corrected chi connectivity index (χ1v) is 12.9. The summed E-state index contributed by atoms with van der Waals surface area (Å²) in [7, 11) is 0. The summed E-state index contributed by atoms with van der Waals surface area (Å²) in [4.78, 5) is 33.4. The van der Waals surface area contributed by atoms with Gasteiger partial charge in [-0.05, 0) is 38.8 Å². The minimum Gasteiger partial charge on any atom is -0.350 e. The van der Waals surface area contributed by atoms with Crippen LogP contribution in [0.2, 0.25) is 0 Å². The molecule has 2 fully saturated rings. The third kappa shape index (κ3) is 4.28. The summed E-state index contributed by atoms with van der Waals surface area (Å²) in [5.41, 5.74) is 0.462. The second-order valence-electron chi connectivity index (χ2n) is 11.4. The van der Waals surface area contributed by atoms with E-state index in [2.05, 4.69) is 32.8 Å². The van der Waals surface area contributed by atoms with Crippen LogP contribution >= 0.6 is 0 Å². The van der Waals surface area contributed by atoms with E-state index in [1.807, 2.05) is 6.92 Å². The van der Waals surface area contributed by atoms with Crippen LogP contribution in [0.15, 0.2) is 24.7 Å². The van der Waals surface area contributed by atoms with Crippen LogP contribution in [0.1, 0.15) is 64.5 Å². The molecule has 0 unspecified atom stereocenters. The average molecular weight is 510 g/mol. The van der Waals surface area contributed by atoms with Crippen molar-refractivity contribution < 1.29 is 13.6 Å². The molecular weight excluding hydrogens is 476 g/mol. The van der Waals surface area contributed by atoms with Crippen LogP contribution in [0.4, 0.5) is 26.2 Å². The van der Waals surface area contributed by atoms with Gasteiger partial charge in [0.25, 0.3) is 0 Å². The van der Waals surface area contributed by atoms with Gasteiger partial charge < -0.3 is 14.7 Å². The molecule has 196 valence electrons. The number of pyridine rings is 1. The van der Waals surface area contributed by atoms with Gasteiger partial charge in [0.15, 0.2) is 0 Å². The standard InChI is InChI=1S/C27H33F2N7O/c1-17-14-35(25(37)26(3,4)11-20(28)29)18(2)13-34(17)23-22-24(33-16-32-23)36(15-27(22)7-5-8-27)21-10-19(12-30)6-9-31-21/h6,9-10,16-18,20H,5,7-8,11,13-15H2,1-4H3/t17-,18+/m0/s1. The molecular formula is C27H33F2N7O. The number of nitrogens with zero attached hydrogens (tertiary/aromatic N) is 7. The molecule has 4 heterocycles. The number of hydrogen-bond donors (Lipinski definition) is 0. The maximum Gasteiger partial charge on any atom is 0.239 e. The maximum atomic E-state index is 13.3. The first-order valence-electron chi connectivity index (χ1n) is 12.9. The van der Waals surface area contributed by atoms with E-state index in [4.69, 9.17) is 4.98 Å². The summed E-state index contributed by atoms with van der Waals surface area (Å²) < 4.78 is 26.3. The molecule has 37 heavy (non-hydrogen) atoms. The molecule has 2 aromatic rings. The predicted molar refractivity (Wildman–Crippen MR) is 136 cm³/mol. The molecule has 1 saturated carbocycles. The lowest BCUT2D eigenvalue weighted by Crippen LogP contribution is -2.61. The summed E-state index contributed by atoms with van der Waals surface area (Å²) >= 11 is 0. The summed E-state index contributed by atoms with van der Waals surface area (Å²) in [6.07, 6.45) is 3.43. The number of hydrogen-bond acceptors (Lipinski definition) is 7. The van der Waals surface area contributed by atoms with Gasteiger partial charge in [0.2, 0.25) is 12.3 Å². The van der Waals surface area contributed by atoms with Gasteiger partial charge in [-0.25, -0.2) is 23.7 Å². The van der Waals surface area contributed by atoms with Crippen molar-refractivity contribution in [3.05, 3.63) is 35.8 Å². The topological polar surface area (TPSA) is 89.2 Å². The highest BCUT2D eigenvalue weighted by Crippen LogP contribution is 2.56. The Morgan fingerprint density at radius 1 is 1.19 bits per heavy atom. The van der Waals surface area contributed by atoms with Crippen molar-refractivity contribution in [2.24, 2.45) is 5.41 Å². The third-order valence-electron chi connectivity index (χ3n) is 8.28. The van der Waals surface area contributed by atoms with Gasteiger partial charge in [-0.3, -0.25) is 4.79 Å². The zero-order chi connectivity index (χ0) is 26.5. The van der Waals surface area contributed by atoms with E-state index in [0.29, 0.717) is 24.5 Å². The first-order chi connectivity index (χ1) is 17.6. The molecule has 2 aromatic heterocycles. The number of aromatic nitrogens is 3.